The molecule has 31 heavy (non-hydrogen) atoms. The number of ether oxygens (including phenoxy) is 1. The molecule has 160 valence electrons. The Morgan fingerprint density at radius 2 is 1.90 bits per heavy atom. The number of nitrogens with one attached hydrogen (secondary N) is 2. The highest BCUT2D eigenvalue weighted by Crippen LogP contribution is 2.23. The van der Waals surface area contributed by atoms with E-state index in [9.17, 15) is 4.39 Å². The summed E-state index contributed by atoms with van der Waals surface area (Å²) in [6.07, 6.45) is 1.69. The Balaban J connectivity index is 1.69. The normalized spacial score (nSPS) is 11.1. The number of halogens is 1. The average Bonchev–Trinajstić information content (AvgIpc) is 3.09. The summed E-state index contributed by atoms with van der Waals surface area (Å²) >= 11 is 0. The van der Waals surface area contributed by atoms with E-state index in [0.717, 1.165) is 23.5 Å². The van der Waals surface area contributed by atoms with Gasteiger partial charge in [-0.2, -0.15) is 4.98 Å². The van der Waals surface area contributed by atoms with Gasteiger partial charge in [0, 0.05) is 12.2 Å². The number of hydrogen-bond acceptors (Lipinski definition) is 6. The largest absolute Gasteiger partial charge is 0.497 e. The van der Waals surface area contributed by atoms with E-state index in [0.29, 0.717) is 35.5 Å². The fourth-order valence-corrected chi connectivity index (χ4v) is 3.18. The molecule has 2 aromatic carbocycles. The van der Waals surface area contributed by atoms with Gasteiger partial charge in [0.2, 0.25) is 11.9 Å². The van der Waals surface area contributed by atoms with Crippen molar-refractivity contribution in [1.82, 2.24) is 19.5 Å². The van der Waals surface area contributed by atoms with E-state index in [2.05, 4.69) is 34.4 Å². The Morgan fingerprint density at radius 1 is 1.10 bits per heavy atom. The van der Waals surface area contributed by atoms with E-state index < -0.39 is 0 Å². The first-order chi connectivity index (χ1) is 15.0. The zero-order valence-electron chi connectivity index (χ0n) is 17.8. The van der Waals surface area contributed by atoms with Crippen LogP contribution >= 0.6 is 0 Å². The lowest BCUT2D eigenvalue weighted by Crippen LogP contribution is -2.13. The molecule has 4 rings (SSSR count). The molecule has 0 aliphatic rings. The first-order valence-corrected chi connectivity index (χ1v) is 10.1. The van der Waals surface area contributed by atoms with Gasteiger partial charge in [0.25, 0.3) is 0 Å². The first kappa shape index (κ1) is 20.6. The van der Waals surface area contributed by atoms with E-state index in [4.69, 9.17) is 9.72 Å². The van der Waals surface area contributed by atoms with E-state index in [-0.39, 0.29) is 5.82 Å². The maximum absolute atomic E-state index is 13.7. The number of fused-ring (bicyclic) bond motifs is 1. The lowest BCUT2D eigenvalue weighted by molar-refractivity contribution is 0.415. The van der Waals surface area contributed by atoms with Gasteiger partial charge in [-0.3, -0.25) is 4.57 Å². The van der Waals surface area contributed by atoms with E-state index in [1.807, 2.05) is 34.9 Å². The summed E-state index contributed by atoms with van der Waals surface area (Å²) < 4.78 is 20.9. The maximum Gasteiger partial charge on any atom is 0.229 e. The van der Waals surface area contributed by atoms with Crippen LogP contribution in [0, 0.1) is 11.7 Å². The second-order valence-corrected chi connectivity index (χ2v) is 7.68. The van der Waals surface area contributed by atoms with Crippen LogP contribution in [0.3, 0.4) is 0 Å². The molecular weight excluding hydrogens is 395 g/mol. The molecule has 0 atom stereocenters. The van der Waals surface area contributed by atoms with Crippen molar-refractivity contribution in [1.29, 1.82) is 0 Å². The molecule has 0 unspecified atom stereocenters. The molecular formula is C23H25FN6O. The molecule has 8 heteroatoms. The van der Waals surface area contributed by atoms with Crippen molar-refractivity contribution in [3.05, 3.63) is 66.1 Å². The number of methoxy groups -OCH3 is 1. The lowest BCUT2D eigenvalue weighted by Gasteiger charge is -2.12. The molecule has 0 radical (unpaired) electrons. The molecule has 2 aromatic heterocycles. The number of hydrogen-bond donors (Lipinski definition) is 2. The third-order valence-electron chi connectivity index (χ3n) is 4.73. The molecule has 0 amide bonds. The fourth-order valence-electron chi connectivity index (χ4n) is 3.18. The van der Waals surface area contributed by atoms with Gasteiger partial charge >= 0.3 is 0 Å². The number of nitrogens with zero attached hydrogens (tertiary/aromatic N) is 4. The number of aromatic nitrogens is 4. The SMILES string of the molecule is COc1ccc(Nc2ncc3nc(NCC(C)C)n(Cc4cccc(F)c4)c3n2)cc1. The molecule has 4 aromatic rings. The topological polar surface area (TPSA) is 76.9 Å². The predicted octanol–water partition coefficient (Wildman–Crippen LogP) is 4.83. The van der Waals surface area contributed by atoms with E-state index >= 15 is 0 Å². The van der Waals surface area contributed by atoms with Gasteiger partial charge in [0.05, 0.1) is 19.9 Å². The van der Waals surface area contributed by atoms with Crippen molar-refractivity contribution in [3.63, 3.8) is 0 Å². The molecule has 2 N–H and O–H groups in total. The number of anilines is 3. The minimum Gasteiger partial charge on any atom is -0.497 e. The molecule has 0 saturated carbocycles. The van der Waals surface area contributed by atoms with Gasteiger partial charge in [-0.1, -0.05) is 26.0 Å². The lowest BCUT2D eigenvalue weighted by atomic mass is 10.2. The number of rotatable bonds is 8. The highest BCUT2D eigenvalue weighted by molar-refractivity contribution is 5.75. The Morgan fingerprint density at radius 3 is 2.61 bits per heavy atom. The minimum atomic E-state index is -0.268. The molecule has 0 spiro atoms. The second kappa shape index (κ2) is 8.99. The van der Waals surface area contributed by atoms with Gasteiger partial charge in [-0.05, 0) is 47.9 Å². The summed E-state index contributed by atoms with van der Waals surface area (Å²) in [6, 6.07) is 14.1. The highest BCUT2D eigenvalue weighted by atomic mass is 19.1. The predicted molar refractivity (Wildman–Crippen MR) is 120 cm³/mol. The van der Waals surface area contributed by atoms with Gasteiger partial charge in [-0.25, -0.2) is 14.4 Å². The van der Waals surface area contributed by atoms with Crippen LogP contribution in [0.5, 0.6) is 5.75 Å². The molecule has 0 aliphatic heterocycles. The summed E-state index contributed by atoms with van der Waals surface area (Å²) in [5.41, 5.74) is 3.01. The zero-order valence-corrected chi connectivity index (χ0v) is 17.8. The highest BCUT2D eigenvalue weighted by Gasteiger charge is 2.15. The van der Waals surface area contributed by atoms with Crippen molar-refractivity contribution in [2.24, 2.45) is 5.92 Å². The van der Waals surface area contributed by atoms with Crippen LogP contribution in [0.25, 0.3) is 11.2 Å². The quantitative estimate of drug-likeness (QED) is 0.425. The smallest absolute Gasteiger partial charge is 0.229 e. The van der Waals surface area contributed by atoms with Crippen LogP contribution in [-0.4, -0.2) is 33.2 Å². The Labute approximate surface area is 180 Å². The number of benzene rings is 2. The first-order valence-electron chi connectivity index (χ1n) is 10.1. The molecule has 0 aliphatic carbocycles. The third-order valence-corrected chi connectivity index (χ3v) is 4.73. The number of imidazole rings is 1. The van der Waals surface area contributed by atoms with Crippen LogP contribution in [0.1, 0.15) is 19.4 Å². The fraction of sp³-hybridized carbons (Fsp3) is 0.261. The summed E-state index contributed by atoms with van der Waals surface area (Å²) in [5, 5.41) is 6.58. The van der Waals surface area contributed by atoms with Crippen LogP contribution in [0.15, 0.2) is 54.7 Å². The summed E-state index contributed by atoms with van der Waals surface area (Å²) in [7, 11) is 1.63. The van der Waals surface area contributed by atoms with Crippen molar-refractivity contribution >= 4 is 28.7 Å². The Kier molecular flexibility index (Phi) is 5.97. The van der Waals surface area contributed by atoms with Gasteiger partial charge in [0.15, 0.2) is 5.65 Å². The molecule has 0 fully saturated rings. The van der Waals surface area contributed by atoms with Gasteiger partial charge in [0.1, 0.15) is 17.1 Å². The Bertz CT molecular complexity index is 1170. The monoisotopic (exact) mass is 420 g/mol. The van der Waals surface area contributed by atoms with Crippen molar-refractivity contribution in [2.75, 3.05) is 24.3 Å². The second-order valence-electron chi connectivity index (χ2n) is 7.68. The minimum absolute atomic E-state index is 0.268. The van der Waals surface area contributed by atoms with Gasteiger partial charge in [-0.15, -0.1) is 0 Å². The molecule has 0 bridgehead atoms. The standard InChI is InChI=1S/C23H25FN6O/c1-15(2)12-26-23-28-20-13-25-22(27-18-7-9-19(31-3)10-8-18)29-21(20)30(23)14-16-5-4-6-17(24)11-16/h4-11,13,15H,12,14H2,1-3H3,(H,26,28)(H,25,27,29). The van der Waals surface area contributed by atoms with Crippen LogP contribution in [-0.2, 0) is 6.54 Å². The van der Waals surface area contributed by atoms with Crippen LogP contribution < -0.4 is 15.4 Å². The van der Waals surface area contributed by atoms with Crippen molar-refractivity contribution < 1.29 is 9.13 Å². The van der Waals surface area contributed by atoms with Crippen LogP contribution in [0.2, 0.25) is 0 Å². The average molecular weight is 420 g/mol. The summed E-state index contributed by atoms with van der Waals surface area (Å²) in [5.74, 6) is 2.09. The third kappa shape index (κ3) is 4.91. The molecule has 7 nitrogen and oxygen atoms in total. The van der Waals surface area contributed by atoms with Crippen molar-refractivity contribution in [3.8, 4) is 5.75 Å². The maximum atomic E-state index is 13.7. The molecule has 2 heterocycles. The molecule has 0 saturated heterocycles. The summed E-state index contributed by atoms with van der Waals surface area (Å²) in [4.78, 5) is 13.8. The van der Waals surface area contributed by atoms with Crippen LogP contribution in [0.4, 0.5) is 22.0 Å². The van der Waals surface area contributed by atoms with E-state index in [1.165, 1.54) is 12.1 Å². The van der Waals surface area contributed by atoms with E-state index in [1.54, 1.807) is 19.4 Å². The summed E-state index contributed by atoms with van der Waals surface area (Å²) in [6.45, 7) is 5.46. The zero-order chi connectivity index (χ0) is 21.8. The Hall–Kier alpha value is -3.68. The van der Waals surface area contributed by atoms with Crippen molar-refractivity contribution in [2.45, 2.75) is 20.4 Å². The van der Waals surface area contributed by atoms with Gasteiger partial charge < -0.3 is 15.4 Å².